The largest absolute Gasteiger partial charge is 0.493 e. The van der Waals surface area contributed by atoms with E-state index in [1.54, 1.807) is 7.11 Å². The molecule has 39 heavy (non-hydrogen) atoms. The number of anilines is 2. The Labute approximate surface area is 226 Å². The summed E-state index contributed by atoms with van der Waals surface area (Å²) in [6.07, 6.45) is 4.59. The van der Waals surface area contributed by atoms with Crippen LogP contribution in [0.25, 0.3) is 21.8 Å². The zero-order chi connectivity index (χ0) is 27.2. The number of benzene rings is 3. The van der Waals surface area contributed by atoms with Gasteiger partial charge in [0.25, 0.3) is 0 Å². The lowest BCUT2D eigenvalue weighted by atomic mass is 10.2. The Hall–Kier alpha value is -4.22. The molecule has 0 aliphatic heterocycles. The minimum absolute atomic E-state index is 0.0816. The van der Waals surface area contributed by atoms with E-state index in [9.17, 15) is 8.42 Å². The van der Waals surface area contributed by atoms with Gasteiger partial charge in [-0.15, -0.1) is 0 Å². The Balaban J connectivity index is 1.32. The van der Waals surface area contributed by atoms with E-state index in [4.69, 9.17) is 9.47 Å². The van der Waals surface area contributed by atoms with Crippen molar-refractivity contribution in [2.45, 2.75) is 6.54 Å². The first kappa shape index (κ1) is 26.4. The van der Waals surface area contributed by atoms with Crippen molar-refractivity contribution >= 4 is 43.1 Å². The van der Waals surface area contributed by atoms with Gasteiger partial charge in [0.2, 0.25) is 0 Å². The number of ether oxygens (including phenoxy) is 2. The third-order valence-corrected chi connectivity index (χ3v) is 7.13. The fourth-order valence-electron chi connectivity index (χ4n) is 4.24. The molecule has 2 N–H and O–H groups in total. The molecule has 5 rings (SSSR count). The van der Waals surface area contributed by atoms with Gasteiger partial charge in [0.05, 0.1) is 36.6 Å². The van der Waals surface area contributed by atoms with Gasteiger partial charge in [-0.2, -0.15) is 5.10 Å². The van der Waals surface area contributed by atoms with Crippen molar-refractivity contribution in [1.82, 2.24) is 25.1 Å². The van der Waals surface area contributed by atoms with Crippen molar-refractivity contribution in [3.8, 4) is 11.5 Å². The lowest BCUT2D eigenvalue weighted by Gasteiger charge is -2.14. The summed E-state index contributed by atoms with van der Waals surface area (Å²) in [4.78, 5) is 8.88. The number of nitrogens with one attached hydrogen (secondary N) is 2. The number of rotatable bonds is 12. The van der Waals surface area contributed by atoms with E-state index in [-0.39, 0.29) is 5.75 Å². The lowest BCUT2D eigenvalue weighted by molar-refractivity contribution is 0.294. The predicted molar refractivity (Wildman–Crippen MR) is 153 cm³/mol. The summed E-state index contributed by atoms with van der Waals surface area (Å²) in [5.74, 6) is 1.81. The topological polar surface area (TPSA) is 120 Å². The monoisotopic (exact) mass is 546 g/mol. The second-order valence-corrected chi connectivity index (χ2v) is 11.4. The number of nitrogens with zero attached hydrogens (tertiary/aromatic N) is 4. The van der Waals surface area contributed by atoms with Crippen LogP contribution in [0.4, 0.5) is 11.5 Å². The minimum Gasteiger partial charge on any atom is -0.493 e. The van der Waals surface area contributed by atoms with E-state index < -0.39 is 9.84 Å². The van der Waals surface area contributed by atoms with Crippen molar-refractivity contribution in [2.24, 2.45) is 0 Å². The van der Waals surface area contributed by atoms with Crippen molar-refractivity contribution < 1.29 is 17.9 Å². The third kappa shape index (κ3) is 6.62. The number of aromatic nitrogens is 4. The molecule has 5 aromatic rings. The maximum absolute atomic E-state index is 11.3. The molecule has 202 valence electrons. The Morgan fingerprint density at radius 2 is 1.82 bits per heavy atom. The number of hydrogen-bond donors (Lipinski definition) is 2. The van der Waals surface area contributed by atoms with Crippen LogP contribution in [-0.2, 0) is 16.4 Å². The summed E-state index contributed by atoms with van der Waals surface area (Å²) in [5, 5.41) is 12.8. The average Bonchev–Trinajstić information content (AvgIpc) is 3.32. The zero-order valence-electron chi connectivity index (χ0n) is 21.8. The van der Waals surface area contributed by atoms with Gasteiger partial charge in [0.15, 0.2) is 11.5 Å². The lowest BCUT2D eigenvalue weighted by Crippen LogP contribution is -2.26. The molecule has 3 aromatic carbocycles. The maximum Gasteiger partial charge on any atom is 0.162 e. The van der Waals surface area contributed by atoms with Crippen LogP contribution >= 0.6 is 0 Å². The molecule has 0 spiro atoms. The standard InChI is InChI=1S/C28H30N6O4S/c1-37-26-16-24-23(15-27(26)38-12-10-29-11-13-39(2,35)36)28(31-19-30-24)33-22-8-9-25-21(14-22)17-32-34(25)18-20-6-4-3-5-7-20/h3-9,14-17,19,29H,10-13,18H2,1-2H3,(H,30,31,33). The van der Waals surface area contributed by atoms with Crippen molar-refractivity contribution in [1.29, 1.82) is 0 Å². The van der Waals surface area contributed by atoms with E-state index in [1.807, 2.05) is 59.4 Å². The summed E-state index contributed by atoms with van der Waals surface area (Å²) in [7, 11) is -1.43. The molecule has 2 heterocycles. The minimum atomic E-state index is -3.00. The Bertz CT molecular complexity index is 1690. The van der Waals surface area contributed by atoms with Crippen LogP contribution in [-0.4, -0.2) is 67.0 Å². The predicted octanol–water partition coefficient (Wildman–Crippen LogP) is 3.79. The Kier molecular flexibility index (Phi) is 7.89. The number of methoxy groups -OCH3 is 1. The van der Waals surface area contributed by atoms with Crippen molar-refractivity contribution in [3.63, 3.8) is 0 Å². The summed E-state index contributed by atoms with van der Waals surface area (Å²) in [5.41, 5.74) is 3.81. The van der Waals surface area contributed by atoms with E-state index in [2.05, 4.69) is 37.8 Å². The maximum atomic E-state index is 11.3. The molecule has 0 saturated heterocycles. The molecule has 0 aliphatic carbocycles. The first-order valence-electron chi connectivity index (χ1n) is 12.5. The van der Waals surface area contributed by atoms with Crippen molar-refractivity contribution in [2.75, 3.05) is 44.1 Å². The van der Waals surface area contributed by atoms with E-state index in [1.165, 1.54) is 18.1 Å². The molecule has 0 amide bonds. The summed E-state index contributed by atoms with van der Waals surface area (Å²) in [6, 6.07) is 20.0. The number of hydrogen-bond acceptors (Lipinski definition) is 9. The van der Waals surface area contributed by atoms with E-state index >= 15 is 0 Å². The molecule has 0 radical (unpaired) electrons. The highest BCUT2D eigenvalue weighted by atomic mass is 32.2. The van der Waals surface area contributed by atoms with Gasteiger partial charge in [0, 0.05) is 41.9 Å². The number of sulfone groups is 1. The van der Waals surface area contributed by atoms with Gasteiger partial charge >= 0.3 is 0 Å². The molecule has 0 bridgehead atoms. The SMILES string of the molecule is COc1cc2ncnc(Nc3ccc4c(cnn4Cc4ccccc4)c3)c2cc1OCCNCCS(C)(=O)=O. The van der Waals surface area contributed by atoms with Gasteiger partial charge in [-0.1, -0.05) is 30.3 Å². The van der Waals surface area contributed by atoms with Gasteiger partial charge in [-0.3, -0.25) is 4.68 Å². The van der Waals surface area contributed by atoms with Crippen LogP contribution in [0, 0.1) is 0 Å². The molecule has 0 saturated carbocycles. The molecule has 0 aliphatic rings. The molecule has 0 unspecified atom stereocenters. The molecular weight excluding hydrogens is 516 g/mol. The van der Waals surface area contributed by atoms with Gasteiger partial charge in [-0.25, -0.2) is 18.4 Å². The van der Waals surface area contributed by atoms with Gasteiger partial charge < -0.3 is 20.1 Å². The van der Waals surface area contributed by atoms with Gasteiger partial charge in [0.1, 0.15) is 28.6 Å². The number of fused-ring (bicyclic) bond motifs is 2. The van der Waals surface area contributed by atoms with Gasteiger partial charge in [-0.05, 0) is 29.8 Å². The first-order chi connectivity index (χ1) is 18.9. The third-order valence-electron chi connectivity index (χ3n) is 6.19. The second kappa shape index (κ2) is 11.7. The van der Waals surface area contributed by atoms with Crippen LogP contribution in [0.2, 0.25) is 0 Å². The van der Waals surface area contributed by atoms with E-state index in [0.717, 1.165) is 22.0 Å². The summed E-state index contributed by atoms with van der Waals surface area (Å²) in [6.45, 7) is 1.90. The van der Waals surface area contributed by atoms with Crippen molar-refractivity contribution in [3.05, 3.63) is 78.8 Å². The second-order valence-electron chi connectivity index (χ2n) is 9.16. The highest BCUT2D eigenvalue weighted by Crippen LogP contribution is 2.35. The van der Waals surface area contributed by atoms with Crippen LogP contribution in [0.3, 0.4) is 0 Å². The quantitative estimate of drug-likeness (QED) is 0.225. The van der Waals surface area contributed by atoms with Crippen LogP contribution in [0.1, 0.15) is 5.56 Å². The van der Waals surface area contributed by atoms with E-state index in [0.29, 0.717) is 49.1 Å². The first-order valence-corrected chi connectivity index (χ1v) is 14.6. The molecule has 11 heteroatoms. The summed E-state index contributed by atoms with van der Waals surface area (Å²) < 4.78 is 36.0. The van der Waals surface area contributed by atoms with Crippen LogP contribution < -0.4 is 20.1 Å². The van der Waals surface area contributed by atoms with Crippen LogP contribution in [0.5, 0.6) is 11.5 Å². The average molecular weight is 547 g/mol. The Morgan fingerprint density at radius 3 is 2.62 bits per heavy atom. The Morgan fingerprint density at radius 1 is 0.974 bits per heavy atom. The normalized spacial score (nSPS) is 11.6. The highest BCUT2D eigenvalue weighted by Gasteiger charge is 2.13. The highest BCUT2D eigenvalue weighted by molar-refractivity contribution is 7.90. The molecular formula is C28H30N6O4S. The molecule has 10 nitrogen and oxygen atoms in total. The summed E-state index contributed by atoms with van der Waals surface area (Å²) >= 11 is 0. The molecule has 0 atom stereocenters. The zero-order valence-corrected chi connectivity index (χ0v) is 22.6. The fourth-order valence-corrected chi connectivity index (χ4v) is 4.75. The molecule has 0 fully saturated rings. The van der Waals surface area contributed by atoms with Crippen LogP contribution in [0.15, 0.2) is 73.2 Å². The fraction of sp³-hybridized carbons (Fsp3) is 0.250. The smallest absolute Gasteiger partial charge is 0.162 e. The molecule has 2 aromatic heterocycles.